The van der Waals surface area contributed by atoms with Crippen molar-refractivity contribution in [2.45, 2.75) is 9.79 Å². The standard InChI is InChI=1S/C14H10BrClO4S/c15-8-3-9(17)5-11(4-8)21-10-1-2-13(12(16)6-10)20-7-14(18)19/h1-6,17H,7H2,(H,18,19). The van der Waals surface area contributed by atoms with Crippen LogP contribution in [0.3, 0.4) is 0 Å². The van der Waals surface area contributed by atoms with Crippen molar-refractivity contribution in [1.82, 2.24) is 0 Å². The molecule has 0 fully saturated rings. The van der Waals surface area contributed by atoms with E-state index in [1.54, 1.807) is 30.3 Å². The van der Waals surface area contributed by atoms with Gasteiger partial charge in [-0.2, -0.15) is 0 Å². The molecule has 0 aliphatic rings. The van der Waals surface area contributed by atoms with Gasteiger partial charge in [0.05, 0.1) is 5.02 Å². The van der Waals surface area contributed by atoms with Crippen LogP contribution in [-0.4, -0.2) is 22.8 Å². The molecule has 4 nitrogen and oxygen atoms in total. The maximum atomic E-state index is 10.5. The number of hydrogen-bond donors (Lipinski definition) is 2. The summed E-state index contributed by atoms with van der Waals surface area (Å²) in [5.41, 5.74) is 0. The Morgan fingerprint density at radius 1 is 1.24 bits per heavy atom. The molecule has 0 aromatic heterocycles. The van der Waals surface area contributed by atoms with E-state index < -0.39 is 12.6 Å². The number of rotatable bonds is 5. The van der Waals surface area contributed by atoms with Crippen molar-refractivity contribution in [3.63, 3.8) is 0 Å². The third kappa shape index (κ3) is 4.84. The molecule has 0 heterocycles. The van der Waals surface area contributed by atoms with Gasteiger partial charge in [0.25, 0.3) is 0 Å². The molecule has 0 saturated carbocycles. The van der Waals surface area contributed by atoms with Gasteiger partial charge in [0.1, 0.15) is 11.5 Å². The number of aliphatic carboxylic acids is 1. The molecule has 0 aliphatic heterocycles. The Bertz CT molecular complexity index is 658. The van der Waals surface area contributed by atoms with Crippen molar-refractivity contribution >= 4 is 45.3 Å². The number of ether oxygens (including phenoxy) is 1. The molecule has 0 unspecified atom stereocenters. The molecule has 2 N–H and O–H groups in total. The fourth-order valence-corrected chi connectivity index (χ4v) is 3.43. The van der Waals surface area contributed by atoms with E-state index >= 15 is 0 Å². The number of carboxylic acids is 1. The molecule has 0 amide bonds. The highest BCUT2D eigenvalue weighted by Crippen LogP contribution is 2.36. The molecule has 0 bridgehead atoms. The van der Waals surface area contributed by atoms with E-state index in [0.717, 1.165) is 14.3 Å². The molecule has 0 spiro atoms. The largest absolute Gasteiger partial charge is 0.508 e. The average Bonchev–Trinajstić information content (AvgIpc) is 2.36. The van der Waals surface area contributed by atoms with Crippen LogP contribution in [-0.2, 0) is 4.79 Å². The molecular weight excluding hydrogens is 380 g/mol. The van der Waals surface area contributed by atoms with E-state index in [1.165, 1.54) is 11.8 Å². The molecule has 0 aliphatic carbocycles. The van der Waals surface area contributed by atoms with Gasteiger partial charge in [0.15, 0.2) is 6.61 Å². The van der Waals surface area contributed by atoms with Gasteiger partial charge in [0.2, 0.25) is 0 Å². The first-order valence-corrected chi connectivity index (χ1v) is 7.74. The quantitative estimate of drug-likeness (QED) is 0.792. The summed E-state index contributed by atoms with van der Waals surface area (Å²) in [4.78, 5) is 12.1. The second-order valence-electron chi connectivity index (χ2n) is 4.02. The Morgan fingerprint density at radius 2 is 2.00 bits per heavy atom. The summed E-state index contributed by atoms with van der Waals surface area (Å²) < 4.78 is 5.83. The molecule has 0 atom stereocenters. The minimum Gasteiger partial charge on any atom is -0.508 e. The first-order chi connectivity index (χ1) is 9.94. The molecule has 7 heteroatoms. The van der Waals surface area contributed by atoms with Crippen LogP contribution >= 0.6 is 39.3 Å². The van der Waals surface area contributed by atoms with Gasteiger partial charge >= 0.3 is 5.97 Å². The fourth-order valence-electron chi connectivity index (χ4n) is 1.54. The molecule has 110 valence electrons. The van der Waals surface area contributed by atoms with Crippen LogP contribution in [0.25, 0.3) is 0 Å². The van der Waals surface area contributed by atoms with Crippen LogP contribution < -0.4 is 4.74 Å². The third-order valence-corrected chi connectivity index (χ3v) is 4.06. The van der Waals surface area contributed by atoms with Gasteiger partial charge in [-0.15, -0.1) is 0 Å². The Hall–Kier alpha value is -1.37. The molecule has 0 saturated heterocycles. The summed E-state index contributed by atoms with van der Waals surface area (Å²) in [6.45, 7) is -0.439. The Balaban J connectivity index is 2.14. The molecule has 2 aromatic rings. The topological polar surface area (TPSA) is 66.8 Å². The maximum Gasteiger partial charge on any atom is 0.341 e. The van der Waals surface area contributed by atoms with Gasteiger partial charge in [-0.1, -0.05) is 39.3 Å². The second-order valence-corrected chi connectivity index (χ2v) is 6.49. The summed E-state index contributed by atoms with van der Waals surface area (Å²) in [5, 5.41) is 18.4. The number of phenols is 1. The highest BCUT2D eigenvalue weighted by molar-refractivity contribution is 9.10. The van der Waals surface area contributed by atoms with Crippen molar-refractivity contribution < 1.29 is 19.7 Å². The highest BCUT2D eigenvalue weighted by atomic mass is 79.9. The average molecular weight is 390 g/mol. The molecule has 0 radical (unpaired) electrons. The monoisotopic (exact) mass is 388 g/mol. The summed E-state index contributed by atoms with van der Waals surface area (Å²) in [6, 6.07) is 10.2. The van der Waals surface area contributed by atoms with E-state index in [1.807, 2.05) is 6.07 Å². The number of halogens is 2. The zero-order valence-corrected chi connectivity index (χ0v) is 13.7. The molecule has 2 rings (SSSR count). The van der Waals surface area contributed by atoms with E-state index in [2.05, 4.69) is 15.9 Å². The van der Waals surface area contributed by atoms with Gasteiger partial charge in [-0.05, 0) is 36.4 Å². The lowest BCUT2D eigenvalue weighted by Crippen LogP contribution is -2.09. The summed E-state index contributed by atoms with van der Waals surface area (Å²) in [5.74, 6) is -0.575. The maximum absolute atomic E-state index is 10.5. The van der Waals surface area contributed by atoms with Crippen molar-refractivity contribution in [2.24, 2.45) is 0 Å². The zero-order valence-electron chi connectivity index (χ0n) is 10.5. The Kier molecular flexibility index (Phi) is 5.39. The number of carbonyl (C=O) groups is 1. The predicted octanol–water partition coefficient (Wildman–Crippen LogP) is 4.42. The highest BCUT2D eigenvalue weighted by Gasteiger charge is 2.07. The van der Waals surface area contributed by atoms with Crippen LogP contribution in [0.1, 0.15) is 0 Å². The van der Waals surface area contributed by atoms with E-state index in [-0.39, 0.29) is 5.75 Å². The number of carboxylic acid groups (broad SMARTS) is 1. The van der Waals surface area contributed by atoms with Gasteiger partial charge < -0.3 is 14.9 Å². The van der Waals surface area contributed by atoms with Crippen molar-refractivity contribution in [2.75, 3.05) is 6.61 Å². The van der Waals surface area contributed by atoms with Gasteiger partial charge in [0, 0.05) is 14.3 Å². The van der Waals surface area contributed by atoms with E-state index in [0.29, 0.717) is 10.8 Å². The van der Waals surface area contributed by atoms with Crippen LogP contribution in [0.5, 0.6) is 11.5 Å². The van der Waals surface area contributed by atoms with E-state index in [4.69, 9.17) is 21.4 Å². The number of phenolic OH excluding ortho intramolecular Hbond substituents is 1. The molecular formula is C14H10BrClO4S. The van der Waals surface area contributed by atoms with Crippen molar-refractivity contribution in [1.29, 1.82) is 0 Å². The predicted molar refractivity (Wildman–Crippen MR) is 84.5 cm³/mol. The minimum absolute atomic E-state index is 0.166. The summed E-state index contributed by atoms with van der Waals surface area (Å²) in [6.07, 6.45) is 0. The summed E-state index contributed by atoms with van der Waals surface area (Å²) in [7, 11) is 0. The van der Waals surface area contributed by atoms with Crippen molar-refractivity contribution in [3.05, 3.63) is 45.9 Å². The number of benzene rings is 2. The molecule has 2 aromatic carbocycles. The molecule has 21 heavy (non-hydrogen) atoms. The van der Waals surface area contributed by atoms with Crippen LogP contribution in [0.4, 0.5) is 0 Å². The van der Waals surface area contributed by atoms with E-state index in [9.17, 15) is 9.90 Å². The fraction of sp³-hybridized carbons (Fsp3) is 0.0714. The van der Waals surface area contributed by atoms with Crippen LogP contribution in [0.15, 0.2) is 50.7 Å². The lowest BCUT2D eigenvalue weighted by atomic mass is 10.3. The third-order valence-electron chi connectivity index (χ3n) is 2.35. The number of hydrogen-bond acceptors (Lipinski definition) is 4. The summed E-state index contributed by atoms with van der Waals surface area (Å²) >= 11 is 10.8. The first kappa shape index (κ1) is 16.0. The normalized spacial score (nSPS) is 10.4. The minimum atomic E-state index is -1.06. The first-order valence-electron chi connectivity index (χ1n) is 5.75. The SMILES string of the molecule is O=C(O)COc1ccc(Sc2cc(O)cc(Br)c2)cc1Cl. The van der Waals surface area contributed by atoms with Crippen LogP contribution in [0, 0.1) is 0 Å². The Labute approximate surface area is 138 Å². The smallest absolute Gasteiger partial charge is 0.341 e. The zero-order chi connectivity index (χ0) is 15.4. The lowest BCUT2D eigenvalue weighted by molar-refractivity contribution is -0.139. The second kappa shape index (κ2) is 7.06. The van der Waals surface area contributed by atoms with Gasteiger partial charge in [-0.25, -0.2) is 4.79 Å². The van der Waals surface area contributed by atoms with Gasteiger partial charge in [-0.3, -0.25) is 0 Å². The van der Waals surface area contributed by atoms with Crippen molar-refractivity contribution in [3.8, 4) is 11.5 Å². The number of aromatic hydroxyl groups is 1. The van der Waals surface area contributed by atoms with Crippen LogP contribution in [0.2, 0.25) is 5.02 Å². The lowest BCUT2D eigenvalue weighted by Gasteiger charge is -2.08. The Morgan fingerprint density at radius 3 is 2.62 bits per heavy atom.